The van der Waals surface area contributed by atoms with Crippen LogP contribution in [0.15, 0.2) is 29.2 Å². The number of benzene rings is 1. The number of halogens is 1. The van der Waals surface area contributed by atoms with E-state index in [1.165, 1.54) is 18.9 Å². The van der Waals surface area contributed by atoms with E-state index in [2.05, 4.69) is 19.8 Å². The van der Waals surface area contributed by atoms with Gasteiger partial charge in [-0.2, -0.15) is 0 Å². The fourth-order valence-electron chi connectivity index (χ4n) is 6.45. The van der Waals surface area contributed by atoms with Gasteiger partial charge in [0, 0.05) is 46.2 Å². The van der Waals surface area contributed by atoms with E-state index in [4.69, 9.17) is 10.1 Å². The van der Waals surface area contributed by atoms with Crippen LogP contribution < -0.4 is 24.7 Å². The molecule has 1 aliphatic carbocycles. The number of piperidine rings is 1. The quantitative estimate of drug-likeness (QED) is 0.432. The largest absolute Gasteiger partial charge is 0.395 e. The number of hydrogen-bond acceptors (Lipinski definition) is 8. The molecule has 3 fully saturated rings. The first-order valence-electron chi connectivity index (χ1n) is 14.5. The molecule has 41 heavy (non-hydrogen) atoms. The lowest BCUT2D eigenvalue weighted by molar-refractivity contribution is 0.102. The second kappa shape index (κ2) is 10.4. The van der Waals surface area contributed by atoms with Crippen LogP contribution in [0.5, 0.6) is 0 Å². The minimum Gasteiger partial charge on any atom is -0.395 e. The minimum atomic E-state index is -3.85. The molecule has 10 nitrogen and oxygen atoms in total. The molecule has 1 aromatic carbocycles. The molecule has 2 aromatic rings. The first-order valence-corrected chi connectivity index (χ1v) is 16.0. The molecule has 222 valence electrons. The minimum absolute atomic E-state index is 0.0495. The van der Waals surface area contributed by atoms with Crippen LogP contribution >= 0.6 is 0 Å². The van der Waals surface area contributed by atoms with Gasteiger partial charge < -0.3 is 25.1 Å². The number of rotatable bonds is 8. The molecule has 0 radical (unpaired) electrons. The number of alkyl halides is 1. The fourth-order valence-corrected chi connectivity index (χ4v) is 7.49. The molecule has 1 aromatic heterocycles. The van der Waals surface area contributed by atoms with Crippen LogP contribution in [-0.2, 0) is 16.4 Å². The standard InChI is InChI=1S/C29H39FN6O4S/c1-28(30)8-13-36(19-28)26-25-20(5-12-34(25)2)17-24(32-26)33-27(38)22-4-3-21(41(39,40)31-11-16-37)18-23(22)35-14-9-29(6-7-29)10-15-35/h3-4,17-18,31,37H,5-16,19H2,1-2H3,(H,32,33,38). The molecule has 1 atom stereocenters. The summed E-state index contributed by atoms with van der Waals surface area (Å²) in [6, 6.07) is 6.42. The van der Waals surface area contributed by atoms with Crippen molar-refractivity contribution in [3.8, 4) is 0 Å². The second-order valence-electron chi connectivity index (χ2n) is 12.3. The van der Waals surface area contributed by atoms with E-state index in [0.717, 1.165) is 50.1 Å². The summed E-state index contributed by atoms with van der Waals surface area (Å²) in [4.78, 5) is 24.8. The van der Waals surface area contributed by atoms with E-state index in [-0.39, 0.29) is 30.5 Å². The van der Waals surface area contributed by atoms with E-state index >= 15 is 0 Å². The lowest BCUT2D eigenvalue weighted by Crippen LogP contribution is -2.36. The van der Waals surface area contributed by atoms with Gasteiger partial charge in [-0.15, -0.1) is 0 Å². The number of sulfonamides is 1. The Balaban J connectivity index is 1.32. The highest BCUT2D eigenvalue weighted by Gasteiger charge is 2.45. The van der Waals surface area contributed by atoms with Crippen molar-refractivity contribution in [3.05, 3.63) is 35.4 Å². The lowest BCUT2D eigenvalue weighted by atomic mass is 9.93. The van der Waals surface area contributed by atoms with Gasteiger partial charge in [-0.05, 0) is 74.3 Å². The molecular formula is C29H39FN6O4S. The van der Waals surface area contributed by atoms with Crippen LogP contribution in [-0.4, -0.2) is 83.0 Å². The summed E-state index contributed by atoms with van der Waals surface area (Å²) in [5.41, 5.74) is 2.10. The van der Waals surface area contributed by atoms with E-state index in [1.54, 1.807) is 19.1 Å². The van der Waals surface area contributed by atoms with E-state index in [9.17, 15) is 17.6 Å². The van der Waals surface area contributed by atoms with Crippen molar-refractivity contribution in [2.75, 3.05) is 72.9 Å². The average Bonchev–Trinajstić information content (AvgIpc) is 3.44. The zero-order chi connectivity index (χ0) is 29.0. The number of carbonyl (C=O) groups is 1. The molecular weight excluding hydrogens is 547 g/mol. The van der Waals surface area contributed by atoms with Crippen molar-refractivity contribution in [2.45, 2.75) is 56.0 Å². The zero-order valence-electron chi connectivity index (χ0n) is 23.7. The van der Waals surface area contributed by atoms with Crippen LogP contribution in [0.4, 0.5) is 27.4 Å². The Bertz CT molecular complexity index is 1450. The Morgan fingerprint density at radius 2 is 1.80 bits per heavy atom. The number of pyridine rings is 1. The van der Waals surface area contributed by atoms with E-state index < -0.39 is 15.7 Å². The fraction of sp³-hybridized carbons (Fsp3) is 0.586. The molecule has 1 unspecified atom stereocenters. The first-order chi connectivity index (χ1) is 19.5. The van der Waals surface area contributed by atoms with Gasteiger partial charge in [0.05, 0.1) is 35.0 Å². The summed E-state index contributed by atoms with van der Waals surface area (Å²) in [5.74, 6) is 0.705. The maximum atomic E-state index is 14.8. The van der Waals surface area contributed by atoms with E-state index in [1.807, 2.05) is 18.0 Å². The summed E-state index contributed by atoms with van der Waals surface area (Å²) in [6.07, 6.45) is 5.72. The average molecular weight is 587 g/mol. The highest BCUT2D eigenvalue weighted by molar-refractivity contribution is 7.89. The summed E-state index contributed by atoms with van der Waals surface area (Å²) in [6.45, 7) is 4.33. The molecule has 12 heteroatoms. The number of aliphatic hydroxyl groups excluding tert-OH is 1. The van der Waals surface area contributed by atoms with Gasteiger partial charge >= 0.3 is 0 Å². The third-order valence-electron chi connectivity index (χ3n) is 9.17. The van der Waals surface area contributed by atoms with Crippen molar-refractivity contribution in [1.29, 1.82) is 0 Å². The van der Waals surface area contributed by atoms with E-state index in [0.29, 0.717) is 41.3 Å². The number of anilines is 4. The number of nitrogens with one attached hydrogen (secondary N) is 2. The van der Waals surface area contributed by atoms with Crippen LogP contribution in [0, 0.1) is 5.41 Å². The molecule has 3 aliphatic heterocycles. The number of fused-ring (bicyclic) bond motifs is 1. The molecule has 4 aliphatic rings. The van der Waals surface area contributed by atoms with Gasteiger partial charge in [-0.1, -0.05) is 0 Å². The van der Waals surface area contributed by atoms with Gasteiger partial charge in [0.1, 0.15) is 11.5 Å². The predicted molar refractivity (Wildman–Crippen MR) is 157 cm³/mol. The highest BCUT2D eigenvalue weighted by atomic mass is 32.2. The number of carbonyl (C=O) groups excluding carboxylic acids is 1. The predicted octanol–water partition coefficient (Wildman–Crippen LogP) is 2.92. The molecule has 4 heterocycles. The normalized spacial score (nSPS) is 23.3. The monoisotopic (exact) mass is 586 g/mol. The molecule has 6 rings (SSSR count). The molecule has 1 amide bonds. The van der Waals surface area contributed by atoms with Gasteiger partial charge in [-0.25, -0.2) is 22.5 Å². The third kappa shape index (κ3) is 5.61. The van der Waals surface area contributed by atoms with Crippen LogP contribution in [0.25, 0.3) is 0 Å². The zero-order valence-corrected chi connectivity index (χ0v) is 24.6. The summed E-state index contributed by atoms with van der Waals surface area (Å²) >= 11 is 0. The second-order valence-corrected chi connectivity index (χ2v) is 14.1. The SMILES string of the molecule is CN1CCc2cc(NC(=O)c3ccc(S(=O)(=O)NCCO)cc3N3CCC4(CC3)CC4)nc(N3CCC(C)(F)C3)c21. The Morgan fingerprint density at radius 3 is 2.46 bits per heavy atom. The third-order valence-corrected chi connectivity index (χ3v) is 10.6. The van der Waals surface area contributed by atoms with Gasteiger partial charge in [0.15, 0.2) is 5.82 Å². The lowest BCUT2D eigenvalue weighted by Gasteiger charge is -2.35. The van der Waals surface area contributed by atoms with Crippen LogP contribution in [0.1, 0.15) is 54.9 Å². The first kappa shape index (κ1) is 28.2. The van der Waals surface area contributed by atoms with Crippen molar-refractivity contribution < 1.29 is 22.7 Å². The van der Waals surface area contributed by atoms with Crippen molar-refractivity contribution in [1.82, 2.24) is 9.71 Å². The summed E-state index contributed by atoms with van der Waals surface area (Å²) in [7, 11) is -1.85. The number of aliphatic hydroxyl groups is 1. The highest BCUT2D eigenvalue weighted by Crippen LogP contribution is 2.54. The maximum Gasteiger partial charge on any atom is 0.258 e. The topological polar surface area (TPSA) is 118 Å². The molecule has 1 spiro atoms. The van der Waals surface area contributed by atoms with Gasteiger partial charge in [-0.3, -0.25) is 4.79 Å². The summed E-state index contributed by atoms with van der Waals surface area (Å²) in [5, 5.41) is 12.1. The van der Waals surface area contributed by atoms with Crippen molar-refractivity contribution >= 4 is 38.9 Å². The van der Waals surface area contributed by atoms with Gasteiger partial charge in [0.25, 0.3) is 5.91 Å². The number of likely N-dealkylation sites (N-methyl/N-ethyl adjacent to an activating group) is 1. The van der Waals surface area contributed by atoms with Crippen molar-refractivity contribution in [2.24, 2.45) is 5.41 Å². The molecule has 1 saturated carbocycles. The van der Waals surface area contributed by atoms with Gasteiger partial charge in [0.2, 0.25) is 10.0 Å². The molecule has 2 saturated heterocycles. The smallest absolute Gasteiger partial charge is 0.258 e. The molecule has 0 bridgehead atoms. The van der Waals surface area contributed by atoms with Crippen LogP contribution in [0.3, 0.4) is 0 Å². The number of nitrogens with zero attached hydrogens (tertiary/aromatic N) is 4. The maximum absolute atomic E-state index is 14.8. The number of hydrogen-bond donors (Lipinski definition) is 3. The van der Waals surface area contributed by atoms with Crippen molar-refractivity contribution in [3.63, 3.8) is 0 Å². The Morgan fingerprint density at radius 1 is 1.07 bits per heavy atom. The molecule has 3 N–H and O–H groups in total. The Labute approximate surface area is 241 Å². The number of amides is 1. The Kier molecular flexibility index (Phi) is 7.14. The Hall–Kier alpha value is -2.96. The summed E-state index contributed by atoms with van der Waals surface area (Å²) < 4.78 is 42.9. The van der Waals surface area contributed by atoms with Crippen LogP contribution in [0.2, 0.25) is 0 Å². The number of aromatic nitrogens is 1.